The van der Waals surface area contributed by atoms with Crippen LogP contribution in [-0.2, 0) is 6.54 Å². The Morgan fingerprint density at radius 2 is 2.10 bits per heavy atom. The molecule has 0 bridgehead atoms. The van der Waals surface area contributed by atoms with Crippen LogP contribution in [-0.4, -0.2) is 16.3 Å². The van der Waals surface area contributed by atoms with Crippen molar-refractivity contribution < 1.29 is 4.39 Å². The minimum atomic E-state index is -0.231. The van der Waals surface area contributed by atoms with Crippen molar-refractivity contribution in [3.05, 3.63) is 52.1 Å². The second-order valence-electron chi connectivity index (χ2n) is 5.15. The van der Waals surface area contributed by atoms with E-state index in [0.717, 1.165) is 36.3 Å². The summed E-state index contributed by atoms with van der Waals surface area (Å²) in [7, 11) is 0. The fourth-order valence-electron chi connectivity index (χ4n) is 2.56. The fourth-order valence-corrected chi connectivity index (χ4v) is 2.81. The van der Waals surface area contributed by atoms with Gasteiger partial charge in [0, 0.05) is 6.54 Å². The van der Waals surface area contributed by atoms with Gasteiger partial charge in [0.15, 0.2) is 0 Å². The second-order valence-corrected chi connectivity index (χ2v) is 5.56. The highest BCUT2D eigenvalue weighted by Gasteiger charge is 2.22. The minimum absolute atomic E-state index is 0.161. The lowest BCUT2D eigenvalue weighted by atomic mass is 10.0. The van der Waals surface area contributed by atoms with E-state index < -0.39 is 0 Å². The molecule has 0 saturated carbocycles. The zero-order valence-electron chi connectivity index (χ0n) is 12.7. The molecule has 5 heteroatoms. The van der Waals surface area contributed by atoms with Gasteiger partial charge in [-0.15, -0.1) is 0 Å². The summed E-state index contributed by atoms with van der Waals surface area (Å²) < 4.78 is 15.6. The maximum absolute atomic E-state index is 13.7. The molecule has 0 spiro atoms. The third kappa shape index (κ3) is 3.63. The predicted octanol–water partition coefficient (Wildman–Crippen LogP) is 4.09. The quantitative estimate of drug-likeness (QED) is 0.871. The van der Waals surface area contributed by atoms with E-state index >= 15 is 0 Å². The van der Waals surface area contributed by atoms with E-state index in [9.17, 15) is 4.39 Å². The first kappa shape index (κ1) is 16.0. The molecule has 2 aromatic rings. The number of aromatic nitrogens is 2. The van der Waals surface area contributed by atoms with Gasteiger partial charge in [-0.25, -0.2) is 4.39 Å². The molecule has 21 heavy (non-hydrogen) atoms. The average molecular weight is 310 g/mol. The minimum Gasteiger partial charge on any atom is -0.305 e. The van der Waals surface area contributed by atoms with Crippen LogP contribution in [0.1, 0.15) is 43.1 Å². The molecule has 0 aliphatic carbocycles. The van der Waals surface area contributed by atoms with Gasteiger partial charge < -0.3 is 5.32 Å². The first-order valence-corrected chi connectivity index (χ1v) is 7.66. The third-order valence-electron chi connectivity index (χ3n) is 3.35. The molecule has 3 nitrogen and oxygen atoms in total. The van der Waals surface area contributed by atoms with Crippen LogP contribution in [0.3, 0.4) is 0 Å². The Bertz CT molecular complexity index is 589. The number of nitrogens with zero attached hydrogens (tertiary/aromatic N) is 2. The largest absolute Gasteiger partial charge is 0.305 e. The summed E-state index contributed by atoms with van der Waals surface area (Å²) in [4.78, 5) is 0. The molecular weight excluding hydrogens is 289 g/mol. The van der Waals surface area contributed by atoms with Crippen LogP contribution in [0.2, 0.25) is 5.02 Å². The van der Waals surface area contributed by atoms with E-state index in [4.69, 9.17) is 11.6 Å². The van der Waals surface area contributed by atoms with E-state index in [2.05, 4.69) is 17.3 Å². The zero-order valence-corrected chi connectivity index (χ0v) is 13.4. The molecule has 0 fully saturated rings. The molecule has 114 valence electrons. The molecule has 1 N–H and O–H groups in total. The number of hydrogen-bond donors (Lipinski definition) is 1. The lowest BCUT2D eigenvalue weighted by Gasteiger charge is -2.21. The van der Waals surface area contributed by atoms with Crippen molar-refractivity contribution in [1.29, 1.82) is 0 Å². The van der Waals surface area contributed by atoms with Crippen LogP contribution >= 0.6 is 11.6 Å². The maximum atomic E-state index is 13.7. The van der Waals surface area contributed by atoms with Gasteiger partial charge in [0.05, 0.1) is 23.0 Å². The van der Waals surface area contributed by atoms with E-state index in [-0.39, 0.29) is 11.9 Å². The summed E-state index contributed by atoms with van der Waals surface area (Å²) in [6, 6.07) is 4.90. The predicted molar refractivity (Wildman–Crippen MR) is 84.2 cm³/mol. The van der Waals surface area contributed by atoms with Crippen molar-refractivity contribution in [3.8, 4) is 0 Å². The maximum Gasteiger partial charge on any atom is 0.123 e. The summed E-state index contributed by atoms with van der Waals surface area (Å²) in [6.07, 6.45) is 2.62. The summed E-state index contributed by atoms with van der Waals surface area (Å²) in [5.74, 6) is -0.231. The molecule has 1 unspecified atom stereocenters. The number of halogens is 2. The Labute approximate surface area is 130 Å². The Hall–Kier alpha value is -1.39. The molecule has 1 heterocycles. The molecule has 1 atom stereocenters. The van der Waals surface area contributed by atoms with E-state index in [0.29, 0.717) is 5.02 Å². The topological polar surface area (TPSA) is 29.9 Å². The highest BCUT2D eigenvalue weighted by molar-refractivity contribution is 6.31. The molecular formula is C16H21ClFN3. The lowest BCUT2D eigenvalue weighted by molar-refractivity contribution is 0.518. The molecule has 1 aromatic carbocycles. The summed E-state index contributed by atoms with van der Waals surface area (Å²) in [5, 5.41) is 8.32. The molecule has 0 saturated heterocycles. The highest BCUT2D eigenvalue weighted by atomic mass is 35.5. The number of rotatable bonds is 6. The molecule has 2 rings (SSSR count). The van der Waals surface area contributed by atoms with Crippen LogP contribution in [0, 0.1) is 12.7 Å². The van der Waals surface area contributed by atoms with E-state index in [1.54, 1.807) is 12.3 Å². The number of nitrogens with one attached hydrogen (secondary N) is 1. The Morgan fingerprint density at radius 3 is 2.71 bits per heavy atom. The van der Waals surface area contributed by atoms with Gasteiger partial charge in [-0.2, -0.15) is 5.10 Å². The number of hydrogen-bond acceptors (Lipinski definition) is 2. The Morgan fingerprint density at radius 1 is 1.33 bits per heavy atom. The monoisotopic (exact) mass is 309 g/mol. The highest BCUT2D eigenvalue weighted by Crippen LogP contribution is 2.29. The third-order valence-corrected chi connectivity index (χ3v) is 3.64. The SMILES string of the molecule is CCCn1ncc(Cl)c1C(NCC)c1cc(C)cc(F)c1. The van der Waals surface area contributed by atoms with E-state index in [1.807, 2.05) is 24.6 Å². The molecule has 1 aromatic heterocycles. The van der Waals surface area contributed by atoms with Crippen molar-refractivity contribution in [2.75, 3.05) is 6.54 Å². The van der Waals surface area contributed by atoms with Gasteiger partial charge in [0.2, 0.25) is 0 Å². The summed E-state index contributed by atoms with van der Waals surface area (Å²) in [5.41, 5.74) is 2.66. The van der Waals surface area contributed by atoms with Crippen LogP contribution in [0.4, 0.5) is 4.39 Å². The van der Waals surface area contributed by atoms with Gasteiger partial charge >= 0.3 is 0 Å². The smallest absolute Gasteiger partial charge is 0.123 e. The van der Waals surface area contributed by atoms with Gasteiger partial charge in [-0.1, -0.05) is 31.5 Å². The molecule has 0 amide bonds. The standard InChI is InChI=1S/C16H21ClFN3/c1-4-6-21-16(14(17)10-20-21)15(19-5-2)12-7-11(3)8-13(18)9-12/h7-10,15,19H,4-6H2,1-3H3. The van der Waals surface area contributed by atoms with Crippen molar-refractivity contribution in [2.24, 2.45) is 0 Å². The second kappa shape index (κ2) is 7.05. The zero-order chi connectivity index (χ0) is 15.4. The first-order chi connectivity index (χ1) is 10.1. The summed E-state index contributed by atoms with van der Waals surface area (Å²) >= 11 is 6.32. The van der Waals surface area contributed by atoms with Crippen LogP contribution in [0.25, 0.3) is 0 Å². The van der Waals surface area contributed by atoms with E-state index in [1.165, 1.54) is 6.07 Å². The van der Waals surface area contributed by atoms with Crippen LogP contribution in [0.5, 0.6) is 0 Å². The van der Waals surface area contributed by atoms with Crippen LogP contribution < -0.4 is 5.32 Å². The van der Waals surface area contributed by atoms with Crippen molar-refractivity contribution >= 4 is 11.6 Å². The fraction of sp³-hybridized carbons (Fsp3) is 0.438. The Kier molecular flexibility index (Phi) is 5.37. The van der Waals surface area contributed by atoms with Gasteiger partial charge in [0.1, 0.15) is 5.82 Å². The van der Waals surface area contributed by atoms with Crippen molar-refractivity contribution in [1.82, 2.24) is 15.1 Å². The number of benzene rings is 1. The molecule has 0 aliphatic rings. The van der Waals surface area contributed by atoms with Crippen molar-refractivity contribution in [2.45, 2.75) is 39.8 Å². The normalized spacial score (nSPS) is 12.6. The van der Waals surface area contributed by atoms with Gasteiger partial charge in [0.25, 0.3) is 0 Å². The number of aryl methyl sites for hydroxylation is 2. The average Bonchev–Trinajstić information content (AvgIpc) is 2.77. The van der Waals surface area contributed by atoms with Crippen LogP contribution in [0.15, 0.2) is 24.4 Å². The Balaban J connectivity index is 2.50. The molecule has 0 radical (unpaired) electrons. The first-order valence-electron chi connectivity index (χ1n) is 7.28. The summed E-state index contributed by atoms with van der Waals surface area (Å²) in [6.45, 7) is 7.55. The van der Waals surface area contributed by atoms with Crippen molar-refractivity contribution in [3.63, 3.8) is 0 Å². The van der Waals surface area contributed by atoms with Gasteiger partial charge in [-0.05, 0) is 43.1 Å². The lowest BCUT2D eigenvalue weighted by Crippen LogP contribution is -2.25. The van der Waals surface area contributed by atoms with Gasteiger partial charge in [-0.3, -0.25) is 4.68 Å². The molecule has 0 aliphatic heterocycles.